The minimum atomic E-state index is -3.99. The number of hydrogen-bond donors (Lipinski definition) is 4. The van der Waals surface area contributed by atoms with Crippen LogP contribution < -0.4 is 17.2 Å². The van der Waals surface area contributed by atoms with Crippen molar-refractivity contribution in [1.29, 1.82) is 0 Å². The van der Waals surface area contributed by atoms with Crippen LogP contribution in [-0.2, 0) is 14.8 Å². The Hall–Kier alpha value is -1.35. The van der Waals surface area contributed by atoms with Crippen LogP contribution in [0, 0.1) is 0 Å². The van der Waals surface area contributed by atoms with Crippen LogP contribution >= 0.6 is 0 Å². The molecular weight excluding hydrogens is 200 g/mol. The van der Waals surface area contributed by atoms with E-state index in [-0.39, 0.29) is 0 Å². The van der Waals surface area contributed by atoms with Gasteiger partial charge in [-0.2, -0.15) is 0 Å². The molecule has 0 aromatic heterocycles. The van der Waals surface area contributed by atoms with Crippen LogP contribution in [0.3, 0.4) is 0 Å². The zero-order valence-electron chi connectivity index (χ0n) is 6.54. The Labute approximate surface area is 74.5 Å². The number of carbonyl (C=O) groups is 1. The van der Waals surface area contributed by atoms with E-state index in [1.807, 2.05) is 0 Å². The molecule has 0 radical (unpaired) electrons. The first-order valence-electron chi connectivity index (χ1n) is 3.06. The fourth-order valence-corrected chi connectivity index (χ4v) is 1.49. The molecule has 0 heterocycles. The van der Waals surface area contributed by atoms with E-state index in [9.17, 15) is 13.2 Å². The summed E-state index contributed by atoms with van der Waals surface area (Å²) in [6, 6.07) is -1.53. The first-order chi connectivity index (χ1) is 5.74. The van der Waals surface area contributed by atoms with Gasteiger partial charge < -0.3 is 22.3 Å². The van der Waals surface area contributed by atoms with Crippen LogP contribution in [0.1, 0.15) is 0 Å². The molecule has 1 atom stereocenters. The number of aliphatic carboxylic acids is 1. The monoisotopic (exact) mass is 210 g/mol. The molecule has 13 heavy (non-hydrogen) atoms. The maximum atomic E-state index is 10.9. The molecule has 9 heteroatoms. The highest BCUT2D eigenvalue weighted by Gasteiger charge is 2.20. The van der Waals surface area contributed by atoms with Crippen LogP contribution in [0.4, 0.5) is 0 Å². The molecule has 0 unspecified atom stereocenters. The molecule has 0 bridgehead atoms. The topological polar surface area (TPSA) is 162 Å². The lowest BCUT2D eigenvalue weighted by Gasteiger charge is -2.03. The number of sulfonamides is 1. The van der Waals surface area contributed by atoms with Gasteiger partial charge in [-0.05, 0) is 0 Å². The molecular formula is C4H10N4O4S. The number of hydrogen-bond acceptors (Lipinski definition) is 4. The standard InChI is InChI=1S/C4H10N4O4S/c5-2(3(9)10)1-13(11,12)8-4(6)7/h2H,1,5H2,(H,9,10)(H4,6,7,8)/t2-/m0/s1. The van der Waals surface area contributed by atoms with Crippen molar-refractivity contribution in [2.24, 2.45) is 21.6 Å². The first-order valence-corrected chi connectivity index (χ1v) is 4.67. The molecule has 0 saturated heterocycles. The van der Waals surface area contributed by atoms with Gasteiger partial charge in [-0.25, -0.2) is 8.42 Å². The van der Waals surface area contributed by atoms with Gasteiger partial charge in [0.1, 0.15) is 6.04 Å². The maximum absolute atomic E-state index is 10.9. The average Bonchev–Trinajstić information content (AvgIpc) is 1.81. The predicted octanol–water partition coefficient (Wildman–Crippen LogP) is -3.00. The van der Waals surface area contributed by atoms with Crippen molar-refractivity contribution < 1.29 is 18.3 Å². The summed E-state index contributed by atoms with van der Waals surface area (Å²) in [6.45, 7) is 0. The Balaban J connectivity index is 4.54. The third kappa shape index (κ3) is 4.98. The fourth-order valence-electron chi connectivity index (χ4n) is 0.496. The average molecular weight is 210 g/mol. The highest BCUT2D eigenvalue weighted by atomic mass is 32.2. The maximum Gasteiger partial charge on any atom is 0.321 e. The number of carboxylic acid groups (broad SMARTS) is 1. The van der Waals surface area contributed by atoms with E-state index in [2.05, 4.69) is 4.40 Å². The molecule has 0 aliphatic rings. The fraction of sp³-hybridized carbons (Fsp3) is 0.500. The lowest BCUT2D eigenvalue weighted by atomic mass is 10.4. The Morgan fingerprint density at radius 2 is 1.92 bits per heavy atom. The lowest BCUT2D eigenvalue weighted by molar-refractivity contribution is -0.137. The van der Waals surface area contributed by atoms with Gasteiger partial charge in [0.25, 0.3) is 10.0 Å². The minimum Gasteiger partial charge on any atom is -0.480 e. The van der Waals surface area contributed by atoms with E-state index in [1.165, 1.54) is 0 Å². The Kier molecular flexibility index (Phi) is 3.63. The normalized spacial score (nSPS) is 13.3. The largest absolute Gasteiger partial charge is 0.480 e. The molecule has 0 aliphatic carbocycles. The van der Waals surface area contributed by atoms with Gasteiger partial charge in [0.2, 0.25) is 5.96 Å². The molecule has 0 aromatic rings. The number of nitrogens with two attached hydrogens (primary N) is 3. The second-order valence-electron chi connectivity index (χ2n) is 2.21. The third-order valence-corrected chi connectivity index (χ3v) is 2.22. The number of nitrogens with zero attached hydrogens (tertiary/aromatic N) is 1. The molecule has 0 fully saturated rings. The predicted molar refractivity (Wildman–Crippen MR) is 45.2 cm³/mol. The second kappa shape index (κ2) is 4.05. The van der Waals surface area contributed by atoms with Crippen LogP contribution in [0.15, 0.2) is 4.40 Å². The molecule has 7 N–H and O–H groups in total. The van der Waals surface area contributed by atoms with Crippen LogP contribution in [0.25, 0.3) is 0 Å². The number of rotatable bonds is 4. The molecule has 8 nitrogen and oxygen atoms in total. The molecule has 0 spiro atoms. The van der Waals surface area contributed by atoms with Crippen LogP contribution in [0.5, 0.6) is 0 Å². The molecule has 0 saturated carbocycles. The highest BCUT2D eigenvalue weighted by molar-refractivity contribution is 7.90. The summed E-state index contributed by atoms with van der Waals surface area (Å²) in [4.78, 5) is 10.2. The zero-order valence-corrected chi connectivity index (χ0v) is 7.36. The lowest BCUT2D eigenvalue weighted by Crippen LogP contribution is -2.37. The Morgan fingerprint density at radius 1 is 1.46 bits per heavy atom. The molecule has 0 amide bonds. The van der Waals surface area contributed by atoms with Gasteiger partial charge >= 0.3 is 5.97 Å². The summed E-state index contributed by atoms with van der Waals surface area (Å²) in [5.41, 5.74) is 14.5. The van der Waals surface area contributed by atoms with Gasteiger partial charge in [0, 0.05) is 0 Å². The molecule has 76 valence electrons. The Bertz CT molecular complexity index is 317. The number of guanidine groups is 1. The van der Waals surface area contributed by atoms with Crippen molar-refractivity contribution in [1.82, 2.24) is 0 Å². The zero-order chi connectivity index (χ0) is 10.6. The van der Waals surface area contributed by atoms with E-state index in [0.717, 1.165) is 0 Å². The molecule has 0 rings (SSSR count). The van der Waals surface area contributed by atoms with Gasteiger partial charge in [-0.1, -0.05) is 0 Å². The smallest absolute Gasteiger partial charge is 0.321 e. The van der Waals surface area contributed by atoms with E-state index in [1.54, 1.807) is 0 Å². The SMILES string of the molecule is NC(N)=NS(=O)(=O)C[C@H](N)C(=O)O. The van der Waals surface area contributed by atoms with Crippen LogP contribution in [-0.4, -0.2) is 37.2 Å². The summed E-state index contributed by atoms with van der Waals surface area (Å²) >= 11 is 0. The first kappa shape index (κ1) is 11.6. The van der Waals surface area contributed by atoms with E-state index in [0.29, 0.717) is 0 Å². The van der Waals surface area contributed by atoms with Gasteiger partial charge in [0.15, 0.2) is 0 Å². The Morgan fingerprint density at radius 3 is 2.23 bits per heavy atom. The molecule has 0 aliphatic heterocycles. The minimum absolute atomic E-state index is 0.655. The molecule has 0 aromatic carbocycles. The van der Waals surface area contributed by atoms with Crippen molar-refractivity contribution in [3.8, 4) is 0 Å². The second-order valence-corrected chi connectivity index (χ2v) is 3.89. The third-order valence-electron chi connectivity index (χ3n) is 0.952. The number of carboxylic acids is 1. The van der Waals surface area contributed by atoms with E-state index in [4.69, 9.17) is 22.3 Å². The van der Waals surface area contributed by atoms with Gasteiger partial charge in [-0.15, -0.1) is 4.40 Å². The van der Waals surface area contributed by atoms with Crippen molar-refractivity contribution in [2.45, 2.75) is 6.04 Å². The van der Waals surface area contributed by atoms with Crippen molar-refractivity contribution >= 4 is 22.0 Å². The van der Waals surface area contributed by atoms with Gasteiger partial charge in [-0.3, -0.25) is 4.79 Å². The van der Waals surface area contributed by atoms with Crippen molar-refractivity contribution in [3.63, 3.8) is 0 Å². The van der Waals surface area contributed by atoms with Crippen molar-refractivity contribution in [3.05, 3.63) is 0 Å². The highest BCUT2D eigenvalue weighted by Crippen LogP contribution is 1.94. The van der Waals surface area contributed by atoms with E-state index < -0.39 is 33.7 Å². The van der Waals surface area contributed by atoms with Crippen molar-refractivity contribution in [2.75, 3.05) is 5.75 Å². The van der Waals surface area contributed by atoms with Gasteiger partial charge in [0.05, 0.1) is 5.75 Å². The summed E-state index contributed by atoms with van der Waals surface area (Å²) < 4.78 is 24.6. The van der Waals surface area contributed by atoms with E-state index >= 15 is 0 Å². The van der Waals surface area contributed by atoms with Crippen LogP contribution in [0.2, 0.25) is 0 Å². The summed E-state index contributed by atoms with van der Waals surface area (Å²) in [5.74, 6) is -2.92. The summed E-state index contributed by atoms with van der Waals surface area (Å²) in [7, 11) is -3.99. The quantitative estimate of drug-likeness (QED) is 0.284. The summed E-state index contributed by atoms with van der Waals surface area (Å²) in [6.07, 6.45) is 0. The summed E-state index contributed by atoms with van der Waals surface area (Å²) in [5, 5.41) is 8.28.